The van der Waals surface area contributed by atoms with E-state index in [1.165, 1.54) is 26.4 Å². The lowest BCUT2D eigenvalue weighted by atomic mass is 10.2. The van der Waals surface area contributed by atoms with Crippen LogP contribution in [0.1, 0.15) is 37.0 Å². The van der Waals surface area contributed by atoms with E-state index < -0.39 is 5.97 Å². The number of nitrogens with one attached hydrogen (secondary N) is 1. The van der Waals surface area contributed by atoms with Crippen molar-refractivity contribution in [2.45, 2.75) is 32.7 Å². The summed E-state index contributed by atoms with van der Waals surface area (Å²) in [5.74, 6) is 0.0410. The number of carbonyl (C=O) groups excluding carboxylic acids is 2. The van der Waals surface area contributed by atoms with Crippen LogP contribution in [0.3, 0.4) is 0 Å². The summed E-state index contributed by atoms with van der Waals surface area (Å²) in [6.45, 7) is 3.64. The van der Waals surface area contributed by atoms with Crippen molar-refractivity contribution in [2.24, 2.45) is 0 Å². The molecule has 0 aliphatic rings. The van der Waals surface area contributed by atoms with Crippen molar-refractivity contribution in [3.05, 3.63) is 23.8 Å². The maximum absolute atomic E-state index is 12.0. The van der Waals surface area contributed by atoms with Gasteiger partial charge in [0.05, 0.1) is 19.8 Å². The highest BCUT2D eigenvalue weighted by molar-refractivity contribution is 5.92. The molecule has 0 spiro atoms. The molecule has 1 atom stereocenters. The van der Waals surface area contributed by atoms with Crippen molar-refractivity contribution in [1.29, 1.82) is 0 Å². The molecule has 0 radical (unpaired) electrons. The van der Waals surface area contributed by atoms with Gasteiger partial charge in [-0.05, 0) is 25.5 Å². The van der Waals surface area contributed by atoms with Crippen LogP contribution in [-0.2, 0) is 9.53 Å². The van der Waals surface area contributed by atoms with E-state index in [4.69, 9.17) is 14.2 Å². The molecule has 1 unspecified atom stereocenters. The minimum Gasteiger partial charge on any atom is -0.497 e. The first-order valence-electron chi connectivity index (χ1n) is 7.19. The van der Waals surface area contributed by atoms with E-state index >= 15 is 0 Å². The summed E-state index contributed by atoms with van der Waals surface area (Å²) in [6, 6.07) is 4.77. The Morgan fingerprint density at radius 3 is 2.23 bits per heavy atom. The molecule has 1 aromatic carbocycles. The predicted octanol–water partition coefficient (Wildman–Crippen LogP) is 2.17. The third-order valence-electron chi connectivity index (χ3n) is 3.05. The van der Waals surface area contributed by atoms with Crippen LogP contribution in [0.4, 0.5) is 0 Å². The molecule has 1 N–H and O–H groups in total. The minimum atomic E-state index is -0.601. The first-order valence-corrected chi connectivity index (χ1v) is 7.19. The molecule has 0 heterocycles. The number of methoxy groups -OCH3 is 2. The third kappa shape index (κ3) is 5.63. The van der Waals surface area contributed by atoms with Crippen molar-refractivity contribution in [1.82, 2.24) is 5.32 Å². The van der Waals surface area contributed by atoms with Crippen LogP contribution < -0.4 is 14.8 Å². The Hall–Kier alpha value is -2.24. The lowest BCUT2D eigenvalue weighted by Gasteiger charge is -2.13. The van der Waals surface area contributed by atoms with Gasteiger partial charge in [-0.2, -0.15) is 0 Å². The number of ether oxygens (including phenoxy) is 3. The molecule has 0 saturated carbocycles. The molecule has 0 fully saturated rings. The highest BCUT2D eigenvalue weighted by Crippen LogP contribution is 2.22. The third-order valence-corrected chi connectivity index (χ3v) is 3.05. The van der Waals surface area contributed by atoms with Crippen molar-refractivity contribution >= 4 is 11.9 Å². The van der Waals surface area contributed by atoms with Crippen molar-refractivity contribution in [3.8, 4) is 11.5 Å². The molecule has 6 nitrogen and oxygen atoms in total. The van der Waals surface area contributed by atoms with E-state index in [2.05, 4.69) is 5.32 Å². The van der Waals surface area contributed by atoms with Crippen LogP contribution in [-0.4, -0.2) is 38.7 Å². The molecule has 122 valence electrons. The second kappa shape index (κ2) is 8.92. The van der Waals surface area contributed by atoms with Crippen molar-refractivity contribution < 1.29 is 23.8 Å². The maximum Gasteiger partial charge on any atom is 0.338 e. The molecule has 1 rings (SSSR count). The quantitative estimate of drug-likeness (QED) is 0.745. The summed E-state index contributed by atoms with van der Waals surface area (Å²) in [5.41, 5.74) is 0.269. The number of hydrogen-bond acceptors (Lipinski definition) is 5. The number of hydrogen-bond donors (Lipinski definition) is 1. The van der Waals surface area contributed by atoms with Gasteiger partial charge in [0.1, 0.15) is 11.5 Å². The average molecular weight is 309 g/mol. The van der Waals surface area contributed by atoms with Crippen molar-refractivity contribution in [3.63, 3.8) is 0 Å². The Bertz CT molecular complexity index is 493. The Morgan fingerprint density at radius 1 is 1.14 bits per heavy atom. The van der Waals surface area contributed by atoms with Crippen LogP contribution in [0.2, 0.25) is 0 Å². The number of rotatable bonds is 8. The van der Waals surface area contributed by atoms with E-state index in [1.807, 2.05) is 13.8 Å². The number of benzene rings is 1. The lowest BCUT2D eigenvalue weighted by molar-refractivity contribution is -0.124. The molecular formula is C16H23NO5. The van der Waals surface area contributed by atoms with Gasteiger partial charge in [-0.15, -0.1) is 0 Å². The maximum atomic E-state index is 12.0. The average Bonchev–Trinajstić information content (AvgIpc) is 2.52. The zero-order valence-corrected chi connectivity index (χ0v) is 13.5. The molecule has 1 amide bonds. The molecular weight excluding hydrogens is 286 g/mol. The molecule has 0 aromatic heterocycles. The largest absolute Gasteiger partial charge is 0.497 e. The second-order valence-electron chi connectivity index (χ2n) is 4.93. The fourth-order valence-corrected chi connectivity index (χ4v) is 1.96. The van der Waals surface area contributed by atoms with Gasteiger partial charge in [-0.3, -0.25) is 4.79 Å². The molecule has 0 aliphatic heterocycles. The summed E-state index contributed by atoms with van der Waals surface area (Å²) in [5, 5.41) is 2.77. The summed E-state index contributed by atoms with van der Waals surface area (Å²) in [7, 11) is 2.99. The first kappa shape index (κ1) is 17.8. The Morgan fingerprint density at radius 2 is 1.73 bits per heavy atom. The predicted molar refractivity (Wildman–Crippen MR) is 82.3 cm³/mol. The minimum absolute atomic E-state index is 0.0631. The van der Waals surface area contributed by atoms with E-state index in [1.54, 1.807) is 6.07 Å². The first-order chi connectivity index (χ1) is 10.5. The highest BCUT2D eigenvalue weighted by Gasteiger charge is 2.14. The van der Waals surface area contributed by atoms with Gasteiger partial charge in [-0.25, -0.2) is 4.79 Å². The molecule has 0 aliphatic carbocycles. The summed E-state index contributed by atoms with van der Waals surface area (Å²) in [6.07, 6.45) is 1.86. The number of esters is 1. The van der Waals surface area contributed by atoms with Gasteiger partial charge in [0.25, 0.3) is 5.91 Å². The normalized spacial score (nSPS) is 11.5. The van der Waals surface area contributed by atoms with Gasteiger partial charge in [0.15, 0.2) is 6.61 Å². The van der Waals surface area contributed by atoms with E-state index in [0.717, 1.165) is 12.8 Å². The summed E-state index contributed by atoms with van der Waals surface area (Å²) in [4.78, 5) is 23.7. The topological polar surface area (TPSA) is 73.9 Å². The van der Waals surface area contributed by atoms with Crippen LogP contribution >= 0.6 is 0 Å². The van der Waals surface area contributed by atoms with Crippen LogP contribution in [0.15, 0.2) is 18.2 Å². The fraction of sp³-hybridized carbons (Fsp3) is 0.500. The molecule has 6 heteroatoms. The monoisotopic (exact) mass is 309 g/mol. The zero-order valence-electron chi connectivity index (χ0n) is 13.5. The molecule has 0 saturated heterocycles. The van der Waals surface area contributed by atoms with Crippen LogP contribution in [0, 0.1) is 0 Å². The van der Waals surface area contributed by atoms with Gasteiger partial charge in [0, 0.05) is 12.1 Å². The number of carbonyl (C=O) groups is 2. The lowest BCUT2D eigenvalue weighted by Crippen LogP contribution is -2.35. The molecule has 1 aromatic rings. The van der Waals surface area contributed by atoms with E-state index in [-0.39, 0.29) is 24.1 Å². The van der Waals surface area contributed by atoms with Gasteiger partial charge in [-0.1, -0.05) is 13.3 Å². The number of amides is 1. The van der Waals surface area contributed by atoms with Gasteiger partial charge in [0.2, 0.25) is 0 Å². The van der Waals surface area contributed by atoms with Gasteiger partial charge < -0.3 is 19.5 Å². The highest BCUT2D eigenvalue weighted by atomic mass is 16.5. The Kier molecular flexibility index (Phi) is 7.22. The van der Waals surface area contributed by atoms with Crippen LogP contribution in [0.5, 0.6) is 11.5 Å². The fourth-order valence-electron chi connectivity index (χ4n) is 1.96. The molecule has 22 heavy (non-hydrogen) atoms. The van der Waals surface area contributed by atoms with Gasteiger partial charge >= 0.3 is 5.97 Å². The summed E-state index contributed by atoms with van der Waals surface area (Å²) >= 11 is 0. The molecule has 0 bridgehead atoms. The Labute approximate surface area is 130 Å². The summed E-state index contributed by atoms with van der Waals surface area (Å²) < 4.78 is 15.2. The van der Waals surface area contributed by atoms with Crippen molar-refractivity contribution in [2.75, 3.05) is 20.8 Å². The zero-order chi connectivity index (χ0) is 16.5. The van der Waals surface area contributed by atoms with E-state index in [0.29, 0.717) is 11.5 Å². The van der Waals surface area contributed by atoms with Crippen LogP contribution in [0.25, 0.3) is 0 Å². The second-order valence-corrected chi connectivity index (χ2v) is 4.93. The Balaban J connectivity index is 2.60. The smallest absolute Gasteiger partial charge is 0.338 e. The van der Waals surface area contributed by atoms with E-state index in [9.17, 15) is 9.59 Å². The SMILES string of the molecule is CCCC(C)NC(=O)COC(=O)c1cc(OC)cc(OC)c1. The standard InChI is InChI=1S/C16H23NO5/c1-5-6-11(2)17-15(18)10-22-16(19)12-7-13(20-3)9-14(8-12)21-4/h7-9,11H,5-6,10H2,1-4H3,(H,17,18).